The van der Waals surface area contributed by atoms with Crippen molar-refractivity contribution < 1.29 is 23.3 Å². The molecule has 2 heterocycles. The summed E-state index contributed by atoms with van der Waals surface area (Å²) in [6, 6.07) is 6.79. The average Bonchev–Trinajstić information content (AvgIpc) is 2.56. The van der Waals surface area contributed by atoms with Crippen molar-refractivity contribution in [3.8, 4) is 0 Å². The summed E-state index contributed by atoms with van der Waals surface area (Å²) < 4.78 is 32.5. The molecule has 1 aromatic carbocycles. The Bertz CT molecular complexity index is 681. The molecule has 0 spiro atoms. The number of hydrogen-bond donors (Lipinski definition) is 1. The van der Waals surface area contributed by atoms with E-state index in [4.69, 9.17) is 4.74 Å². The third kappa shape index (κ3) is 3.45. The first-order valence-electron chi connectivity index (χ1n) is 7.25. The summed E-state index contributed by atoms with van der Waals surface area (Å²) in [6.07, 6.45) is 1.58. The van der Waals surface area contributed by atoms with Gasteiger partial charge in [0.2, 0.25) is 0 Å². The number of anilines is 2. The van der Waals surface area contributed by atoms with E-state index in [0.717, 1.165) is 31.0 Å². The van der Waals surface area contributed by atoms with Crippen molar-refractivity contribution in [3.05, 3.63) is 53.7 Å². The molecular weight excluding hydrogens is 304 g/mol. The van der Waals surface area contributed by atoms with E-state index in [9.17, 15) is 13.6 Å². The van der Waals surface area contributed by atoms with Gasteiger partial charge in [0.05, 0.1) is 18.9 Å². The number of hydrogen-bond acceptors (Lipinski definition) is 3. The van der Waals surface area contributed by atoms with E-state index in [1.54, 1.807) is 18.3 Å². The second-order valence-electron chi connectivity index (χ2n) is 5.11. The molecule has 1 aliphatic rings. The number of nitrogens with zero attached hydrogens (tertiary/aromatic N) is 1. The van der Waals surface area contributed by atoms with Crippen molar-refractivity contribution in [2.24, 2.45) is 0 Å². The number of H-pyrrole nitrogens is 1. The predicted octanol–water partition coefficient (Wildman–Crippen LogP) is 1.87. The molecule has 0 bridgehead atoms. The molecule has 23 heavy (non-hydrogen) atoms. The van der Waals surface area contributed by atoms with Crippen LogP contribution in [0.4, 0.5) is 20.3 Å². The van der Waals surface area contributed by atoms with E-state index >= 15 is 0 Å². The van der Waals surface area contributed by atoms with E-state index in [-0.39, 0.29) is 0 Å². The molecule has 1 aliphatic heterocycles. The van der Waals surface area contributed by atoms with Crippen molar-refractivity contribution in [1.82, 2.24) is 0 Å². The molecule has 1 amide bonds. The molecule has 120 valence electrons. The molecule has 7 heteroatoms. The lowest BCUT2D eigenvalue weighted by molar-refractivity contribution is -0.363. The van der Waals surface area contributed by atoms with E-state index in [1.807, 2.05) is 0 Å². The van der Waals surface area contributed by atoms with Gasteiger partial charge in [-0.1, -0.05) is 6.07 Å². The maximum Gasteiger partial charge on any atom is 0.274 e. The Morgan fingerprint density at radius 2 is 1.83 bits per heavy atom. The van der Waals surface area contributed by atoms with Crippen LogP contribution < -0.4 is 15.2 Å². The molecule has 0 atom stereocenters. The zero-order valence-corrected chi connectivity index (χ0v) is 12.3. The molecule has 5 nitrogen and oxygen atoms in total. The molecule has 2 N–H and O–H groups in total. The zero-order valence-electron chi connectivity index (χ0n) is 12.3. The van der Waals surface area contributed by atoms with Crippen LogP contribution in [0.2, 0.25) is 0 Å². The highest BCUT2D eigenvalue weighted by molar-refractivity contribution is 6.04. The number of halogens is 2. The molecule has 2 aromatic rings. The second-order valence-corrected chi connectivity index (χ2v) is 5.11. The number of nitrogens with one attached hydrogen (secondary N) is 2. The van der Waals surface area contributed by atoms with Gasteiger partial charge >= 0.3 is 0 Å². The fourth-order valence-electron chi connectivity index (χ4n) is 2.40. The molecule has 0 saturated carbocycles. The molecule has 0 radical (unpaired) electrons. The molecule has 0 aliphatic carbocycles. The lowest BCUT2D eigenvalue weighted by Crippen LogP contribution is -2.39. The number of aromatic nitrogens is 1. The maximum atomic E-state index is 13.6. The van der Waals surface area contributed by atoms with Crippen LogP contribution in [0.1, 0.15) is 10.4 Å². The maximum absolute atomic E-state index is 13.6. The third-order valence-electron chi connectivity index (χ3n) is 3.60. The predicted molar refractivity (Wildman–Crippen MR) is 80.3 cm³/mol. The Kier molecular flexibility index (Phi) is 4.47. The number of carbonyl (C=O) groups is 1. The highest BCUT2D eigenvalue weighted by Gasteiger charge is 2.20. The second kappa shape index (κ2) is 6.70. The van der Waals surface area contributed by atoms with Crippen molar-refractivity contribution in [3.63, 3.8) is 0 Å². The third-order valence-corrected chi connectivity index (χ3v) is 3.60. The summed E-state index contributed by atoms with van der Waals surface area (Å²) in [4.78, 5) is 17.2. The number of pyridine rings is 1. The smallest absolute Gasteiger partial charge is 0.274 e. The van der Waals surface area contributed by atoms with Gasteiger partial charge in [-0.2, -0.15) is 0 Å². The number of benzene rings is 1. The summed E-state index contributed by atoms with van der Waals surface area (Å²) in [5, 5.41) is 2.48. The van der Waals surface area contributed by atoms with Gasteiger partial charge in [-0.25, -0.2) is 13.8 Å². The van der Waals surface area contributed by atoms with Crippen LogP contribution in [-0.2, 0) is 4.74 Å². The Morgan fingerprint density at radius 1 is 1.13 bits per heavy atom. The average molecular weight is 320 g/mol. The normalized spacial score (nSPS) is 14.6. The molecule has 3 rings (SSSR count). The minimum atomic E-state index is -0.892. The number of morpholine rings is 1. The molecule has 1 fully saturated rings. The first kappa shape index (κ1) is 15.4. The quantitative estimate of drug-likeness (QED) is 0.939. The van der Waals surface area contributed by atoms with Crippen LogP contribution in [0.5, 0.6) is 0 Å². The topological polar surface area (TPSA) is 55.7 Å². The van der Waals surface area contributed by atoms with Crippen LogP contribution >= 0.6 is 0 Å². The van der Waals surface area contributed by atoms with Gasteiger partial charge in [0.1, 0.15) is 36.5 Å². The first-order chi connectivity index (χ1) is 11.1. The summed E-state index contributed by atoms with van der Waals surface area (Å²) in [5.74, 6) is -1.72. The SMILES string of the molecule is O=C(Nc1ccc(N2CCOCC2)[nH+]c1)c1c(F)cccc1F. The number of aromatic amines is 1. The number of ether oxygens (including phenoxy) is 1. The molecule has 0 unspecified atom stereocenters. The Balaban J connectivity index is 1.72. The molecule has 1 aromatic heterocycles. The van der Waals surface area contributed by atoms with Gasteiger partial charge in [-0.05, 0) is 18.2 Å². The fourth-order valence-corrected chi connectivity index (χ4v) is 2.40. The summed E-state index contributed by atoms with van der Waals surface area (Å²) in [5.41, 5.74) is -0.167. The van der Waals surface area contributed by atoms with Crippen LogP contribution in [-0.4, -0.2) is 32.2 Å². The van der Waals surface area contributed by atoms with Crippen LogP contribution in [0, 0.1) is 11.6 Å². The van der Waals surface area contributed by atoms with E-state index < -0.39 is 23.1 Å². The number of carbonyl (C=O) groups excluding carboxylic acids is 1. The van der Waals surface area contributed by atoms with Crippen molar-refractivity contribution >= 4 is 17.4 Å². The molecule has 1 saturated heterocycles. The lowest BCUT2D eigenvalue weighted by atomic mass is 10.2. The fraction of sp³-hybridized carbons (Fsp3) is 0.250. The lowest BCUT2D eigenvalue weighted by Gasteiger charge is -2.21. The van der Waals surface area contributed by atoms with Gasteiger partial charge < -0.3 is 10.1 Å². The van der Waals surface area contributed by atoms with Crippen molar-refractivity contribution in [2.45, 2.75) is 0 Å². The molecular formula is C16H16F2N3O2+. The van der Waals surface area contributed by atoms with Gasteiger partial charge in [-0.3, -0.25) is 9.69 Å². The van der Waals surface area contributed by atoms with Crippen LogP contribution in [0.3, 0.4) is 0 Å². The van der Waals surface area contributed by atoms with E-state index in [1.165, 1.54) is 6.07 Å². The standard InChI is InChI=1S/C16H15F2N3O2/c17-12-2-1-3-13(18)15(12)16(22)20-11-4-5-14(19-10-11)21-6-8-23-9-7-21/h1-5,10H,6-9H2,(H,20,22)/p+1. The van der Waals surface area contributed by atoms with Crippen LogP contribution in [0.15, 0.2) is 36.5 Å². The number of amides is 1. The first-order valence-corrected chi connectivity index (χ1v) is 7.25. The van der Waals surface area contributed by atoms with Gasteiger partial charge in [0.25, 0.3) is 11.7 Å². The Hall–Kier alpha value is -2.54. The van der Waals surface area contributed by atoms with Crippen molar-refractivity contribution in [2.75, 3.05) is 36.5 Å². The highest BCUT2D eigenvalue weighted by Crippen LogP contribution is 2.16. The summed E-state index contributed by atoms with van der Waals surface area (Å²) >= 11 is 0. The summed E-state index contributed by atoms with van der Waals surface area (Å²) in [6.45, 7) is 2.89. The zero-order chi connectivity index (χ0) is 16.2. The number of rotatable bonds is 3. The Labute approximate surface area is 131 Å². The van der Waals surface area contributed by atoms with Gasteiger partial charge in [0.15, 0.2) is 0 Å². The van der Waals surface area contributed by atoms with E-state index in [2.05, 4.69) is 15.2 Å². The minimum absolute atomic E-state index is 0.426. The van der Waals surface area contributed by atoms with Gasteiger partial charge in [-0.15, -0.1) is 0 Å². The minimum Gasteiger partial charge on any atom is -0.373 e. The highest BCUT2D eigenvalue weighted by atomic mass is 19.1. The Morgan fingerprint density at radius 3 is 2.43 bits per heavy atom. The van der Waals surface area contributed by atoms with Gasteiger partial charge in [0, 0.05) is 6.07 Å². The summed E-state index contributed by atoms with van der Waals surface area (Å²) in [7, 11) is 0. The monoisotopic (exact) mass is 320 g/mol. The van der Waals surface area contributed by atoms with Crippen molar-refractivity contribution in [1.29, 1.82) is 0 Å². The van der Waals surface area contributed by atoms with E-state index in [0.29, 0.717) is 18.9 Å². The largest absolute Gasteiger partial charge is 0.373 e. The van der Waals surface area contributed by atoms with Crippen LogP contribution in [0.25, 0.3) is 0 Å².